The summed E-state index contributed by atoms with van der Waals surface area (Å²) in [5.74, 6) is -4.29. The molecule has 12 nitrogen and oxygen atoms in total. The van der Waals surface area contributed by atoms with Gasteiger partial charge in [0.25, 0.3) is 5.91 Å². The Hall–Kier alpha value is -5.92. The van der Waals surface area contributed by atoms with Gasteiger partial charge in [-0.05, 0) is 18.2 Å². The van der Waals surface area contributed by atoms with E-state index >= 15 is 0 Å². The molecule has 5 atom stereocenters. The van der Waals surface area contributed by atoms with Gasteiger partial charge in [0.05, 0.1) is 0 Å². The number of aliphatic hydroxyl groups excluding tert-OH is 1. The van der Waals surface area contributed by atoms with Gasteiger partial charge in [0.2, 0.25) is 17.2 Å². The number of Topliss-reactive ketones (excluding diaryl/α,β-unsaturated/α-hetero) is 3. The highest BCUT2D eigenvalue weighted by Gasteiger charge is 2.75. The number of anilines is 1. The second-order valence-corrected chi connectivity index (χ2v) is 11.3. The van der Waals surface area contributed by atoms with Crippen molar-refractivity contribution in [1.29, 1.82) is 0 Å². The van der Waals surface area contributed by atoms with Crippen LogP contribution in [0.25, 0.3) is 0 Å². The average molecular weight is 660 g/mol. The van der Waals surface area contributed by atoms with E-state index in [1.165, 1.54) is 78.9 Å². The minimum absolute atomic E-state index is 0.0215. The van der Waals surface area contributed by atoms with E-state index in [4.69, 9.17) is 4.74 Å². The summed E-state index contributed by atoms with van der Waals surface area (Å²) in [5.41, 5.74) is -8.00. The second-order valence-electron chi connectivity index (χ2n) is 11.3. The number of nitrogens with zero attached hydrogens (tertiary/aromatic N) is 2. The Kier molecular flexibility index (Phi) is 8.95. The highest BCUT2D eigenvalue weighted by atomic mass is 16.6. The summed E-state index contributed by atoms with van der Waals surface area (Å²) in [7, 11) is 0. The molecule has 246 valence electrons. The van der Waals surface area contributed by atoms with Gasteiger partial charge in [0, 0.05) is 28.5 Å². The fourth-order valence-electron chi connectivity index (χ4n) is 5.87. The summed E-state index contributed by atoms with van der Waals surface area (Å²) in [6, 6.07) is 31.0. The zero-order valence-electron chi connectivity index (χ0n) is 25.6. The van der Waals surface area contributed by atoms with Crippen LogP contribution in [0.3, 0.4) is 0 Å². The normalized spacial score (nSPS) is 22.2. The number of carbonyl (C=O) groups is 4. The fourth-order valence-corrected chi connectivity index (χ4v) is 5.87. The molecule has 6 rings (SSSR count). The van der Waals surface area contributed by atoms with Crippen molar-refractivity contribution in [2.75, 3.05) is 5.32 Å². The molecule has 0 saturated carbocycles. The first-order valence-corrected chi connectivity index (χ1v) is 15.1. The lowest BCUT2D eigenvalue weighted by Gasteiger charge is -2.39. The predicted octanol–water partition coefficient (Wildman–Crippen LogP) is 2.86. The molecular weight excluding hydrogens is 630 g/mol. The third-order valence-electron chi connectivity index (χ3n) is 8.36. The third-order valence-corrected chi connectivity index (χ3v) is 8.36. The molecule has 2 heterocycles. The van der Waals surface area contributed by atoms with Crippen LogP contribution in [-0.4, -0.2) is 71.5 Å². The van der Waals surface area contributed by atoms with Crippen molar-refractivity contribution in [3.05, 3.63) is 166 Å². The van der Waals surface area contributed by atoms with Crippen molar-refractivity contribution in [2.24, 2.45) is 0 Å². The van der Waals surface area contributed by atoms with Gasteiger partial charge in [-0.1, -0.05) is 109 Å². The number of ether oxygens (including phenoxy) is 1. The number of ketones is 3. The molecule has 1 saturated heterocycles. The van der Waals surface area contributed by atoms with E-state index in [0.717, 1.165) is 6.20 Å². The van der Waals surface area contributed by atoms with Crippen LogP contribution in [0.5, 0.6) is 0 Å². The van der Waals surface area contributed by atoms with Gasteiger partial charge >= 0.3 is 5.69 Å². The second kappa shape index (κ2) is 13.3. The Labute approximate surface area is 278 Å². The van der Waals surface area contributed by atoms with Gasteiger partial charge in [-0.15, -0.1) is 0 Å². The summed E-state index contributed by atoms with van der Waals surface area (Å²) in [6.45, 7) is 0. The van der Waals surface area contributed by atoms with E-state index in [1.807, 2.05) is 0 Å². The maximum atomic E-state index is 14.4. The number of amides is 1. The van der Waals surface area contributed by atoms with E-state index in [2.05, 4.69) is 10.3 Å². The molecule has 12 heteroatoms. The van der Waals surface area contributed by atoms with Crippen LogP contribution >= 0.6 is 0 Å². The molecule has 0 radical (unpaired) electrons. The largest absolute Gasteiger partial charge is 0.382 e. The molecule has 4 aromatic carbocycles. The molecular formula is C37H29N3O9. The minimum atomic E-state index is -3.37. The molecule has 1 amide bonds. The van der Waals surface area contributed by atoms with Crippen LogP contribution in [0.1, 0.15) is 47.7 Å². The summed E-state index contributed by atoms with van der Waals surface area (Å²) in [5, 5.41) is 39.2. The van der Waals surface area contributed by atoms with E-state index in [9.17, 15) is 39.3 Å². The Morgan fingerprint density at radius 2 is 1.12 bits per heavy atom. The van der Waals surface area contributed by atoms with E-state index in [1.54, 1.807) is 48.5 Å². The van der Waals surface area contributed by atoms with Gasteiger partial charge < -0.3 is 25.4 Å². The first kappa shape index (κ1) is 33.0. The van der Waals surface area contributed by atoms with E-state index < -0.39 is 58.6 Å². The highest BCUT2D eigenvalue weighted by molar-refractivity contribution is 6.14. The SMILES string of the molecule is O=C(Nc1ccn([C@@H]2O[C@H](C(O)C(=O)c3ccccc3)[C@](O)(C(=O)c3ccccc3)[C@]2(O)C(=O)c2ccccc2)c(=O)n1)c1ccccc1. The standard InChI is InChI=1S/C37H29N3O9/c41-28(23-13-5-1-6-14-23)29(42)32-36(47,30(43)24-15-7-2-8-16-24)37(48,31(44)25-17-9-3-10-18-25)34(49-32)40-22-21-27(39-35(40)46)38-33(45)26-19-11-4-12-20-26/h1-22,29,32,34,42,47-48H,(H,38,39,45,46)/t29?,32-,34-,36-,37+/m1/s1. The molecule has 1 aliphatic rings. The first-order valence-electron chi connectivity index (χ1n) is 15.1. The van der Waals surface area contributed by atoms with Crippen molar-refractivity contribution in [3.8, 4) is 0 Å². The van der Waals surface area contributed by atoms with Crippen molar-refractivity contribution >= 4 is 29.1 Å². The van der Waals surface area contributed by atoms with Gasteiger partial charge in [0.1, 0.15) is 18.0 Å². The number of aliphatic hydroxyl groups is 3. The van der Waals surface area contributed by atoms with Gasteiger partial charge in [0.15, 0.2) is 17.6 Å². The van der Waals surface area contributed by atoms with Crippen LogP contribution in [-0.2, 0) is 4.74 Å². The minimum Gasteiger partial charge on any atom is -0.382 e. The summed E-state index contributed by atoms with van der Waals surface area (Å²) < 4.78 is 6.60. The van der Waals surface area contributed by atoms with E-state index in [-0.39, 0.29) is 28.1 Å². The first-order chi connectivity index (χ1) is 23.6. The van der Waals surface area contributed by atoms with E-state index in [0.29, 0.717) is 4.57 Å². The molecule has 0 bridgehead atoms. The van der Waals surface area contributed by atoms with Gasteiger partial charge in [-0.2, -0.15) is 4.98 Å². The maximum absolute atomic E-state index is 14.4. The number of rotatable bonds is 10. The van der Waals surface area contributed by atoms with Crippen molar-refractivity contribution < 1.29 is 39.2 Å². The lowest BCUT2D eigenvalue weighted by atomic mass is 9.69. The molecule has 1 fully saturated rings. The molecule has 0 aliphatic carbocycles. The number of aromatic nitrogens is 2. The van der Waals surface area contributed by atoms with Crippen LogP contribution in [0.2, 0.25) is 0 Å². The van der Waals surface area contributed by atoms with Crippen LogP contribution in [0, 0.1) is 0 Å². The number of benzene rings is 4. The molecule has 1 aromatic heterocycles. The summed E-state index contributed by atoms with van der Waals surface area (Å²) >= 11 is 0. The molecule has 5 aromatic rings. The average Bonchev–Trinajstić information content (AvgIpc) is 3.39. The molecule has 1 unspecified atom stereocenters. The quantitative estimate of drug-likeness (QED) is 0.163. The molecule has 49 heavy (non-hydrogen) atoms. The van der Waals surface area contributed by atoms with Crippen LogP contribution < -0.4 is 11.0 Å². The van der Waals surface area contributed by atoms with Crippen LogP contribution in [0.4, 0.5) is 5.82 Å². The third kappa shape index (κ3) is 5.79. The zero-order valence-corrected chi connectivity index (χ0v) is 25.6. The van der Waals surface area contributed by atoms with Crippen molar-refractivity contribution in [3.63, 3.8) is 0 Å². The van der Waals surface area contributed by atoms with Crippen molar-refractivity contribution in [2.45, 2.75) is 29.6 Å². The Morgan fingerprint density at radius 1 is 0.673 bits per heavy atom. The summed E-state index contributed by atoms with van der Waals surface area (Å²) in [6.07, 6.45) is -5.81. The zero-order chi connectivity index (χ0) is 34.8. The monoisotopic (exact) mass is 659 g/mol. The molecule has 0 spiro atoms. The van der Waals surface area contributed by atoms with Gasteiger partial charge in [-0.25, -0.2) is 4.79 Å². The number of nitrogens with one attached hydrogen (secondary N) is 1. The number of hydrogen-bond donors (Lipinski definition) is 4. The Bertz CT molecular complexity index is 2070. The lowest BCUT2D eigenvalue weighted by molar-refractivity contribution is -0.108. The lowest BCUT2D eigenvalue weighted by Crippen LogP contribution is -2.69. The maximum Gasteiger partial charge on any atom is 0.351 e. The Balaban J connectivity index is 1.51. The predicted molar refractivity (Wildman–Crippen MR) is 175 cm³/mol. The fraction of sp³-hybridized carbons (Fsp3) is 0.135. The Morgan fingerprint density at radius 3 is 1.61 bits per heavy atom. The topological polar surface area (TPSA) is 185 Å². The smallest absolute Gasteiger partial charge is 0.351 e. The number of carbonyl (C=O) groups excluding carboxylic acids is 4. The van der Waals surface area contributed by atoms with Crippen molar-refractivity contribution in [1.82, 2.24) is 9.55 Å². The summed E-state index contributed by atoms with van der Waals surface area (Å²) in [4.78, 5) is 72.5. The molecule has 4 N–H and O–H groups in total. The molecule has 1 aliphatic heterocycles. The highest BCUT2D eigenvalue weighted by Crippen LogP contribution is 2.50. The van der Waals surface area contributed by atoms with Crippen LogP contribution in [0.15, 0.2) is 138 Å². The van der Waals surface area contributed by atoms with Gasteiger partial charge in [-0.3, -0.25) is 23.7 Å². The number of hydrogen-bond acceptors (Lipinski definition) is 10.